The van der Waals surface area contributed by atoms with Crippen LogP contribution < -0.4 is 0 Å². The first kappa shape index (κ1) is 24.7. The normalized spacial score (nSPS) is 48.2. The molecule has 4 saturated carbocycles. The number of carbonyl (C=O) groups is 1. The van der Waals surface area contributed by atoms with Crippen molar-refractivity contribution in [1.29, 1.82) is 0 Å². The van der Waals surface area contributed by atoms with Gasteiger partial charge in [0.2, 0.25) is 0 Å². The van der Waals surface area contributed by atoms with Gasteiger partial charge >= 0.3 is 0 Å². The molecular weight excluding hydrogens is 396 g/mol. The Kier molecular flexibility index (Phi) is 6.69. The molecule has 0 aliphatic heterocycles. The number of rotatable bonds is 6. The molecule has 4 fully saturated rings. The van der Waals surface area contributed by atoms with Crippen molar-refractivity contribution >= 4 is 5.78 Å². The van der Waals surface area contributed by atoms with E-state index in [0.717, 1.165) is 42.9 Å². The molecule has 32 heavy (non-hydrogen) atoms. The van der Waals surface area contributed by atoms with Crippen molar-refractivity contribution in [2.45, 2.75) is 124 Å². The molecule has 0 amide bonds. The molecule has 2 N–H and O–H groups in total. The predicted octanol–water partition coefficient (Wildman–Crippen LogP) is 6.40. The summed E-state index contributed by atoms with van der Waals surface area (Å²) in [6.45, 7) is 14.3. The average Bonchev–Trinajstić information content (AvgIpc) is 3.08. The van der Waals surface area contributed by atoms with E-state index in [1.807, 2.05) is 0 Å². The van der Waals surface area contributed by atoms with Gasteiger partial charge in [0.1, 0.15) is 5.60 Å². The van der Waals surface area contributed by atoms with Crippen LogP contribution in [0.25, 0.3) is 0 Å². The lowest BCUT2D eigenvalue weighted by Crippen LogP contribution is -2.67. The maximum absolute atomic E-state index is 13.4. The second kappa shape index (κ2) is 8.67. The van der Waals surface area contributed by atoms with Crippen molar-refractivity contribution in [3.05, 3.63) is 0 Å². The lowest BCUT2D eigenvalue weighted by Gasteiger charge is -2.63. The van der Waals surface area contributed by atoms with Gasteiger partial charge in [0, 0.05) is 18.3 Å². The Labute approximate surface area is 197 Å². The summed E-state index contributed by atoms with van der Waals surface area (Å²) in [4.78, 5) is 13.4. The second-order valence-electron chi connectivity index (χ2n) is 13.4. The number of aliphatic hydroxyl groups excluding tert-OH is 1. The van der Waals surface area contributed by atoms with Gasteiger partial charge in [-0.1, -0.05) is 54.4 Å². The van der Waals surface area contributed by atoms with E-state index < -0.39 is 11.7 Å². The molecule has 0 aromatic heterocycles. The first-order chi connectivity index (χ1) is 15.0. The summed E-state index contributed by atoms with van der Waals surface area (Å²) in [7, 11) is 0. The van der Waals surface area contributed by atoms with Crippen LogP contribution >= 0.6 is 0 Å². The SMILES string of the molecule is CCC(CCC(C)C1CCC2C3CC(=O)C4(O)CC(O)CCC4(C)C3CCC12C)C(C)C. The smallest absolute Gasteiger partial charge is 0.165 e. The van der Waals surface area contributed by atoms with Crippen molar-refractivity contribution in [3.8, 4) is 0 Å². The summed E-state index contributed by atoms with van der Waals surface area (Å²) < 4.78 is 0. The Morgan fingerprint density at radius 1 is 1.00 bits per heavy atom. The van der Waals surface area contributed by atoms with E-state index in [9.17, 15) is 15.0 Å². The third-order valence-corrected chi connectivity index (χ3v) is 11.8. The molecule has 4 rings (SSSR count). The Bertz CT molecular complexity index is 703. The Morgan fingerprint density at radius 2 is 1.72 bits per heavy atom. The van der Waals surface area contributed by atoms with E-state index in [1.165, 1.54) is 38.5 Å². The van der Waals surface area contributed by atoms with Gasteiger partial charge in [-0.15, -0.1) is 0 Å². The van der Waals surface area contributed by atoms with Crippen molar-refractivity contribution in [2.75, 3.05) is 0 Å². The zero-order valence-electron chi connectivity index (χ0n) is 21.7. The van der Waals surface area contributed by atoms with Crippen molar-refractivity contribution in [1.82, 2.24) is 0 Å². The standard InChI is InChI=1S/C29H50O3/c1-7-20(18(2)3)9-8-19(4)23-10-11-24-22-16-26(31)29(32)17-21(30)12-15-28(29,6)25(22)13-14-27(23,24)5/h18-25,30,32H,7-17H2,1-6H3. The molecule has 3 nitrogen and oxygen atoms in total. The van der Waals surface area contributed by atoms with Crippen LogP contribution in [-0.4, -0.2) is 27.7 Å². The number of fused-ring (bicyclic) bond motifs is 5. The number of hydrogen-bond acceptors (Lipinski definition) is 3. The Morgan fingerprint density at radius 3 is 2.38 bits per heavy atom. The number of carbonyl (C=O) groups excluding carboxylic acids is 1. The molecule has 184 valence electrons. The molecule has 0 spiro atoms. The van der Waals surface area contributed by atoms with Gasteiger partial charge in [0.25, 0.3) is 0 Å². The molecule has 10 atom stereocenters. The molecule has 4 aliphatic carbocycles. The summed E-state index contributed by atoms with van der Waals surface area (Å²) >= 11 is 0. The zero-order chi connectivity index (χ0) is 23.5. The molecule has 3 heteroatoms. The Hall–Kier alpha value is -0.410. The summed E-state index contributed by atoms with van der Waals surface area (Å²) in [5.41, 5.74) is -1.32. The maximum atomic E-state index is 13.4. The predicted molar refractivity (Wildman–Crippen MR) is 130 cm³/mol. The highest BCUT2D eigenvalue weighted by molar-refractivity contribution is 5.89. The van der Waals surface area contributed by atoms with Gasteiger partial charge in [0.05, 0.1) is 6.10 Å². The fourth-order valence-electron chi connectivity index (χ4n) is 9.68. The van der Waals surface area contributed by atoms with Crippen molar-refractivity contribution in [2.24, 2.45) is 52.3 Å². The van der Waals surface area contributed by atoms with E-state index in [2.05, 4.69) is 41.5 Å². The van der Waals surface area contributed by atoms with Crippen LogP contribution in [0.2, 0.25) is 0 Å². The highest BCUT2D eigenvalue weighted by Gasteiger charge is 2.67. The highest BCUT2D eigenvalue weighted by Crippen LogP contribution is 2.68. The number of hydrogen-bond donors (Lipinski definition) is 2. The number of aliphatic hydroxyl groups is 2. The van der Waals surface area contributed by atoms with Gasteiger partial charge in [-0.2, -0.15) is 0 Å². The topological polar surface area (TPSA) is 57.5 Å². The van der Waals surface area contributed by atoms with E-state index in [0.29, 0.717) is 29.6 Å². The molecule has 0 radical (unpaired) electrons. The third kappa shape index (κ3) is 3.63. The second-order valence-corrected chi connectivity index (χ2v) is 13.4. The molecule has 0 bridgehead atoms. The zero-order valence-corrected chi connectivity index (χ0v) is 21.7. The first-order valence-electron chi connectivity index (χ1n) is 13.9. The molecule has 0 saturated heterocycles. The third-order valence-electron chi connectivity index (χ3n) is 11.8. The van der Waals surface area contributed by atoms with E-state index in [-0.39, 0.29) is 17.6 Å². The quantitative estimate of drug-likeness (QED) is 0.496. The summed E-state index contributed by atoms with van der Waals surface area (Å²) in [5, 5.41) is 21.8. The number of ketones is 1. The van der Waals surface area contributed by atoms with Gasteiger partial charge < -0.3 is 10.2 Å². The summed E-state index contributed by atoms with van der Waals surface area (Å²) in [5.74, 6) is 4.65. The number of Topliss-reactive ketones (excluding diaryl/α,β-unsaturated/α-hetero) is 1. The van der Waals surface area contributed by atoms with Gasteiger partial charge in [0.15, 0.2) is 5.78 Å². The molecule has 0 aromatic rings. The van der Waals surface area contributed by atoms with Crippen molar-refractivity contribution < 1.29 is 15.0 Å². The fourth-order valence-corrected chi connectivity index (χ4v) is 9.68. The fraction of sp³-hybridized carbons (Fsp3) is 0.966. The van der Waals surface area contributed by atoms with E-state index >= 15 is 0 Å². The van der Waals surface area contributed by atoms with Crippen LogP contribution in [0.3, 0.4) is 0 Å². The summed E-state index contributed by atoms with van der Waals surface area (Å²) in [6.07, 6.45) is 10.7. The molecule has 0 aromatic carbocycles. The maximum Gasteiger partial charge on any atom is 0.165 e. The minimum Gasteiger partial charge on any atom is -0.393 e. The monoisotopic (exact) mass is 446 g/mol. The molecular formula is C29H50O3. The Balaban J connectivity index is 1.52. The van der Waals surface area contributed by atoms with E-state index in [4.69, 9.17) is 0 Å². The highest BCUT2D eigenvalue weighted by atomic mass is 16.3. The molecule has 0 heterocycles. The lowest BCUT2D eigenvalue weighted by atomic mass is 9.42. The van der Waals surface area contributed by atoms with Crippen LogP contribution in [0, 0.1) is 52.3 Å². The van der Waals surface area contributed by atoms with Crippen molar-refractivity contribution in [3.63, 3.8) is 0 Å². The minimum absolute atomic E-state index is 0.0310. The van der Waals surface area contributed by atoms with Crippen LogP contribution in [0.4, 0.5) is 0 Å². The average molecular weight is 447 g/mol. The molecule has 4 aliphatic rings. The summed E-state index contributed by atoms with van der Waals surface area (Å²) in [6, 6.07) is 0. The van der Waals surface area contributed by atoms with Crippen LogP contribution in [0.15, 0.2) is 0 Å². The van der Waals surface area contributed by atoms with Gasteiger partial charge in [-0.3, -0.25) is 4.79 Å². The van der Waals surface area contributed by atoms with Crippen LogP contribution in [-0.2, 0) is 4.79 Å². The van der Waals surface area contributed by atoms with Crippen LogP contribution in [0.1, 0.15) is 112 Å². The van der Waals surface area contributed by atoms with Gasteiger partial charge in [-0.05, 0) is 91.8 Å². The minimum atomic E-state index is -1.31. The van der Waals surface area contributed by atoms with Gasteiger partial charge in [-0.25, -0.2) is 0 Å². The molecule has 10 unspecified atom stereocenters. The largest absolute Gasteiger partial charge is 0.393 e. The van der Waals surface area contributed by atoms with Crippen LogP contribution in [0.5, 0.6) is 0 Å². The lowest BCUT2D eigenvalue weighted by molar-refractivity contribution is -0.213. The first-order valence-corrected chi connectivity index (χ1v) is 13.9. The van der Waals surface area contributed by atoms with E-state index in [1.54, 1.807) is 0 Å².